The fourth-order valence-electron chi connectivity index (χ4n) is 3.63. The van der Waals surface area contributed by atoms with Gasteiger partial charge in [0.15, 0.2) is 5.65 Å². The van der Waals surface area contributed by atoms with Gasteiger partial charge >= 0.3 is 0 Å². The van der Waals surface area contributed by atoms with E-state index in [4.69, 9.17) is 0 Å². The number of hydrogen-bond donors (Lipinski definition) is 0. The Hall–Kier alpha value is -2.09. The molecule has 8 heteroatoms. The Kier molecular flexibility index (Phi) is 4.37. The number of pyridine rings is 1. The van der Waals surface area contributed by atoms with E-state index in [1.165, 1.54) is 0 Å². The SMILES string of the molecule is Cn1nc(C2CCN(C(=O)CN3CSCC3=O)CC2)c2cccnc21. The number of piperidine rings is 1. The van der Waals surface area contributed by atoms with Crippen molar-refractivity contribution in [3.8, 4) is 0 Å². The minimum atomic E-state index is 0.0573. The number of thioether (sulfide) groups is 1. The van der Waals surface area contributed by atoms with E-state index in [-0.39, 0.29) is 18.4 Å². The first kappa shape index (κ1) is 16.4. The number of aryl methyl sites for hydroxylation is 1. The molecule has 0 unspecified atom stereocenters. The van der Waals surface area contributed by atoms with E-state index in [1.54, 1.807) is 22.9 Å². The maximum Gasteiger partial charge on any atom is 0.242 e. The highest BCUT2D eigenvalue weighted by atomic mass is 32.2. The van der Waals surface area contributed by atoms with Crippen molar-refractivity contribution in [3.05, 3.63) is 24.0 Å². The van der Waals surface area contributed by atoms with E-state index in [1.807, 2.05) is 22.7 Å². The molecule has 0 radical (unpaired) electrons. The largest absolute Gasteiger partial charge is 0.341 e. The molecular weight excluding hydrogens is 338 g/mol. The monoisotopic (exact) mass is 359 g/mol. The molecule has 132 valence electrons. The lowest BCUT2D eigenvalue weighted by Crippen LogP contribution is -2.44. The van der Waals surface area contributed by atoms with Gasteiger partial charge in [0.05, 0.1) is 17.3 Å². The zero-order valence-corrected chi connectivity index (χ0v) is 15.0. The summed E-state index contributed by atoms with van der Waals surface area (Å²) in [6.07, 6.45) is 3.58. The van der Waals surface area contributed by atoms with Crippen LogP contribution in [0.25, 0.3) is 11.0 Å². The summed E-state index contributed by atoms with van der Waals surface area (Å²) >= 11 is 1.57. The normalized spacial score (nSPS) is 19.2. The van der Waals surface area contributed by atoms with E-state index >= 15 is 0 Å². The zero-order chi connectivity index (χ0) is 17.4. The first-order chi connectivity index (χ1) is 12.1. The molecule has 4 rings (SSSR count). The second kappa shape index (κ2) is 6.67. The molecule has 0 saturated carbocycles. The quantitative estimate of drug-likeness (QED) is 0.824. The summed E-state index contributed by atoms with van der Waals surface area (Å²) in [6, 6.07) is 4.01. The summed E-state index contributed by atoms with van der Waals surface area (Å²) in [5.74, 6) is 1.60. The second-order valence-corrected chi connectivity index (χ2v) is 7.56. The fourth-order valence-corrected chi connectivity index (χ4v) is 4.53. The van der Waals surface area contributed by atoms with E-state index in [0.717, 1.165) is 42.7 Å². The Morgan fingerprint density at radius 2 is 2.16 bits per heavy atom. The van der Waals surface area contributed by atoms with Crippen LogP contribution in [-0.4, -0.2) is 67.6 Å². The molecule has 2 aliphatic rings. The molecule has 0 aliphatic carbocycles. The highest BCUT2D eigenvalue weighted by molar-refractivity contribution is 8.00. The van der Waals surface area contributed by atoms with Crippen LogP contribution in [0.1, 0.15) is 24.5 Å². The number of carbonyl (C=O) groups excluding carboxylic acids is 2. The van der Waals surface area contributed by atoms with Crippen LogP contribution in [-0.2, 0) is 16.6 Å². The van der Waals surface area contributed by atoms with Crippen LogP contribution in [0.2, 0.25) is 0 Å². The highest BCUT2D eigenvalue weighted by Gasteiger charge is 2.29. The summed E-state index contributed by atoms with van der Waals surface area (Å²) < 4.78 is 1.83. The van der Waals surface area contributed by atoms with Crippen molar-refractivity contribution in [1.82, 2.24) is 24.6 Å². The average molecular weight is 359 g/mol. The van der Waals surface area contributed by atoms with Crippen molar-refractivity contribution in [2.24, 2.45) is 7.05 Å². The van der Waals surface area contributed by atoms with Crippen molar-refractivity contribution >= 4 is 34.6 Å². The molecule has 2 aromatic heterocycles. The first-order valence-electron chi connectivity index (χ1n) is 8.54. The maximum atomic E-state index is 12.5. The number of aromatic nitrogens is 3. The minimum absolute atomic E-state index is 0.0573. The number of amides is 2. The summed E-state index contributed by atoms with van der Waals surface area (Å²) in [5, 5.41) is 5.78. The van der Waals surface area contributed by atoms with Gasteiger partial charge in [-0.1, -0.05) is 0 Å². The molecule has 2 saturated heterocycles. The molecular formula is C17H21N5O2S. The lowest BCUT2D eigenvalue weighted by molar-refractivity contribution is -0.138. The predicted octanol–water partition coefficient (Wildman–Crippen LogP) is 1.21. The van der Waals surface area contributed by atoms with Gasteiger partial charge in [0, 0.05) is 37.6 Å². The molecule has 0 N–H and O–H groups in total. The molecule has 0 bridgehead atoms. The van der Waals surface area contributed by atoms with Gasteiger partial charge < -0.3 is 9.80 Å². The molecule has 2 aliphatic heterocycles. The third-order valence-corrected chi connectivity index (χ3v) is 5.96. The van der Waals surface area contributed by atoms with Gasteiger partial charge in [0.1, 0.15) is 6.54 Å². The Morgan fingerprint density at radius 1 is 1.36 bits per heavy atom. The summed E-state index contributed by atoms with van der Waals surface area (Å²) in [6.45, 7) is 1.65. The van der Waals surface area contributed by atoms with Crippen LogP contribution in [0.15, 0.2) is 18.3 Å². The van der Waals surface area contributed by atoms with Gasteiger partial charge in [-0.05, 0) is 25.0 Å². The lowest BCUT2D eigenvalue weighted by Gasteiger charge is -2.32. The number of fused-ring (bicyclic) bond motifs is 1. The van der Waals surface area contributed by atoms with Gasteiger partial charge in [-0.15, -0.1) is 11.8 Å². The van der Waals surface area contributed by atoms with E-state index < -0.39 is 0 Å². The number of likely N-dealkylation sites (tertiary alicyclic amines) is 1. The molecule has 0 aromatic carbocycles. The molecule has 2 aromatic rings. The van der Waals surface area contributed by atoms with Crippen LogP contribution < -0.4 is 0 Å². The number of carbonyl (C=O) groups is 2. The zero-order valence-electron chi connectivity index (χ0n) is 14.2. The standard InChI is InChI=1S/C17H21N5O2S/c1-20-17-13(3-2-6-18-17)16(19-20)12-4-7-21(8-5-12)14(23)9-22-11-25-10-15(22)24/h2-3,6,12H,4-5,7-11H2,1H3. The van der Waals surface area contributed by atoms with Crippen LogP contribution in [0, 0.1) is 0 Å². The molecule has 0 spiro atoms. The molecule has 0 atom stereocenters. The van der Waals surface area contributed by atoms with Crippen LogP contribution in [0.3, 0.4) is 0 Å². The summed E-state index contributed by atoms with van der Waals surface area (Å²) in [5.41, 5.74) is 1.99. The molecule has 2 amide bonds. The summed E-state index contributed by atoms with van der Waals surface area (Å²) in [4.78, 5) is 32.1. The number of hydrogen-bond acceptors (Lipinski definition) is 5. The third-order valence-electron chi connectivity index (χ3n) is 5.01. The van der Waals surface area contributed by atoms with Gasteiger partial charge in [-0.2, -0.15) is 5.10 Å². The van der Waals surface area contributed by atoms with E-state index in [9.17, 15) is 9.59 Å². The Morgan fingerprint density at radius 3 is 2.88 bits per heavy atom. The van der Waals surface area contributed by atoms with Gasteiger partial charge in [0.25, 0.3) is 0 Å². The van der Waals surface area contributed by atoms with Crippen molar-refractivity contribution < 1.29 is 9.59 Å². The van der Waals surface area contributed by atoms with E-state index in [2.05, 4.69) is 16.1 Å². The Labute approximate surface area is 150 Å². The second-order valence-electron chi connectivity index (χ2n) is 6.61. The Bertz CT molecular complexity index is 812. The van der Waals surface area contributed by atoms with Crippen molar-refractivity contribution in [2.75, 3.05) is 31.3 Å². The van der Waals surface area contributed by atoms with E-state index in [0.29, 0.717) is 17.5 Å². The topological polar surface area (TPSA) is 71.3 Å². The molecule has 7 nitrogen and oxygen atoms in total. The van der Waals surface area contributed by atoms with Crippen molar-refractivity contribution in [3.63, 3.8) is 0 Å². The number of nitrogens with zero attached hydrogens (tertiary/aromatic N) is 5. The van der Waals surface area contributed by atoms with Crippen LogP contribution >= 0.6 is 11.8 Å². The molecule has 25 heavy (non-hydrogen) atoms. The van der Waals surface area contributed by atoms with Crippen LogP contribution in [0.5, 0.6) is 0 Å². The molecule has 2 fully saturated rings. The maximum absolute atomic E-state index is 12.5. The smallest absolute Gasteiger partial charge is 0.242 e. The van der Waals surface area contributed by atoms with Crippen LogP contribution in [0.4, 0.5) is 0 Å². The van der Waals surface area contributed by atoms with Gasteiger partial charge in [-0.25, -0.2) is 4.98 Å². The fraction of sp³-hybridized carbons (Fsp3) is 0.529. The highest BCUT2D eigenvalue weighted by Crippen LogP contribution is 2.31. The first-order valence-corrected chi connectivity index (χ1v) is 9.70. The van der Waals surface area contributed by atoms with Crippen molar-refractivity contribution in [2.45, 2.75) is 18.8 Å². The lowest BCUT2D eigenvalue weighted by atomic mass is 9.92. The average Bonchev–Trinajstić information content (AvgIpc) is 3.19. The third kappa shape index (κ3) is 3.10. The van der Waals surface area contributed by atoms with Gasteiger partial charge in [-0.3, -0.25) is 14.3 Å². The molecule has 4 heterocycles. The number of rotatable bonds is 3. The summed E-state index contributed by atoms with van der Waals surface area (Å²) in [7, 11) is 1.92. The van der Waals surface area contributed by atoms with Crippen molar-refractivity contribution in [1.29, 1.82) is 0 Å². The minimum Gasteiger partial charge on any atom is -0.341 e. The predicted molar refractivity (Wildman–Crippen MR) is 96.1 cm³/mol. The Balaban J connectivity index is 1.41. The van der Waals surface area contributed by atoms with Gasteiger partial charge in [0.2, 0.25) is 11.8 Å².